The highest BCUT2D eigenvalue weighted by atomic mass is 16.5. The first-order valence-corrected chi connectivity index (χ1v) is 7.78. The van der Waals surface area contributed by atoms with Crippen LogP contribution in [0.4, 0.5) is 0 Å². The minimum atomic E-state index is -0.113. The molecule has 2 N–H and O–H groups in total. The van der Waals surface area contributed by atoms with Gasteiger partial charge in [-0.15, -0.1) is 0 Å². The van der Waals surface area contributed by atoms with Gasteiger partial charge in [0.25, 0.3) is 0 Å². The zero-order chi connectivity index (χ0) is 13.9. The molecule has 19 heavy (non-hydrogen) atoms. The van der Waals surface area contributed by atoms with Crippen LogP contribution in [-0.2, 0) is 4.74 Å². The molecular weight excluding hydrogens is 240 g/mol. The SMILES string of the molecule is CC(C)NC(CO)(CN1CCCOC(C)C1)C1CC1. The molecule has 0 bridgehead atoms. The van der Waals surface area contributed by atoms with Crippen LogP contribution in [0.25, 0.3) is 0 Å². The monoisotopic (exact) mass is 270 g/mol. The maximum Gasteiger partial charge on any atom is 0.0673 e. The van der Waals surface area contributed by atoms with Crippen LogP contribution in [0.1, 0.15) is 40.0 Å². The number of ether oxygens (including phenoxy) is 1. The molecule has 0 spiro atoms. The summed E-state index contributed by atoms with van der Waals surface area (Å²) in [6.45, 7) is 10.6. The molecule has 2 rings (SSSR count). The van der Waals surface area contributed by atoms with E-state index in [0.717, 1.165) is 32.7 Å². The van der Waals surface area contributed by atoms with Crippen LogP contribution in [0, 0.1) is 5.92 Å². The van der Waals surface area contributed by atoms with E-state index in [1.54, 1.807) is 0 Å². The normalized spacial score (nSPS) is 29.2. The van der Waals surface area contributed by atoms with E-state index < -0.39 is 0 Å². The second-order valence-electron chi connectivity index (χ2n) is 6.66. The highest BCUT2D eigenvalue weighted by Crippen LogP contribution is 2.40. The van der Waals surface area contributed by atoms with Crippen LogP contribution in [0.15, 0.2) is 0 Å². The summed E-state index contributed by atoms with van der Waals surface area (Å²) in [6.07, 6.45) is 3.90. The zero-order valence-electron chi connectivity index (χ0n) is 12.7. The van der Waals surface area contributed by atoms with Gasteiger partial charge in [0.15, 0.2) is 0 Å². The van der Waals surface area contributed by atoms with Crippen molar-refractivity contribution in [3.8, 4) is 0 Å². The molecule has 1 aliphatic carbocycles. The molecule has 2 unspecified atom stereocenters. The van der Waals surface area contributed by atoms with E-state index >= 15 is 0 Å². The fourth-order valence-corrected chi connectivity index (χ4v) is 3.35. The van der Waals surface area contributed by atoms with Gasteiger partial charge in [-0.05, 0) is 32.1 Å². The number of aliphatic hydroxyl groups excluding tert-OH is 1. The smallest absolute Gasteiger partial charge is 0.0673 e. The van der Waals surface area contributed by atoms with Gasteiger partial charge in [0.1, 0.15) is 0 Å². The number of nitrogens with zero attached hydrogens (tertiary/aromatic N) is 1. The lowest BCUT2D eigenvalue weighted by Gasteiger charge is -2.40. The number of hydrogen-bond acceptors (Lipinski definition) is 4. The van der Waals surface area contributed by atoms with Gasteiger partial charge in [-0.3, -0.25) is 4.90 Å². The molecule has 4 nitrogen and oxygen atoms in total. The largest absolute Gasteiger partial charge is 0.394 e. The third kappa shape index (κ3) is 4.15. The lowest BCUT2D eigenvalue weighted by Crippen LogP contribution is -2.60. The fraction of sp³-hybridized carbons (Fsp3) is 1.00. The molecule has 112 valence electrons. The Balaban J connectivity index is 2.01. The summed E-state index contributed by atoms with van der Waals surface area (Å²) >= 11 is 0. The summed E-state index contributed by atoms with van der Waals surface area (Å²) < 4.78 is 5.71. The lowest BCUT2D eigenvalue weighted by atomic mass is 9.92. The molecule has 0 aromatic carbocycles. The molecule has 0 aromatic heterocycles. The molecular formula is C15H30N2O2. The van der Waals surface area contributed by atoms with E-state index in [2.05, 4.69) is 31.0 Å². The third-order valence-corrected chi connectivity index (χ3v) is 4.26. The van der Waals surface area contributed by atoms with Gasteiger partial charge < -0.3 is 15.2 Å². The Morgan fingerprint density at radius 2 is 2.16 bits per heavy atom. The average Bonchev–Trinajstić information content (AvgIpc) is 3.15. The zero-order valence-corrected chi connectivity index (χ0v) is 12.7. The topological polar surface area (TPSA) is 44.7 Å². The average molecular weight is 270 g/mol. The Morgan fingerprint density at radius 1 is 1.42 bits per heavy atom. The van der Waals surface area contributed by atoms with Crippen molar-refractivity contribution in [1.29, 1.82) is 0 Å². The van der Waals surface area contributed by atoms with Gasteiger partial charge in [0.05, 0.1) is 18.2 Å². The minimum absolute atomic E-state index is 0.113. The van der Waals surface area contributed by atoms with Crippen molar-refractivity contribution in [2.45, 2.75) is 57.7 Å². The van der Waals surface area contributed by atoms with Crippen LogP contribution in [0.5, 0.6) is 0 Å². The molecule has 2 atom stereocenters. The molecule has 1 saturated heterocycles. The van der Waals surface area contributed by atoms with E-state index in [9.17, 15) is 5.11 Å². The van der Waals surface area contributed by atoms with Crippen LogP contribution >= 0.6 is 0 Å². The third-order valence-electron chi connectivity index (χ3n) is 4.26. The van der Waals surface area contributed by atoms with E-state index in [0.29, 0.717) is 18.1 Å². The van der Waals surface area contributed by atoms with Crippen molar-refractivity contribution in [1.82, 2.24) is 10.2 Å². The highest BCUT2D eigenvalue weighted by Gasteiger charge is 2.46. The van der Waals surface area contributed by atoms with Crippen LogP contribution < -0.4 is 5.32 Å². The Labute approximate surface area is 117 Å². The van der Waals surface area contributed by atoms with Crippen molar-refractivity contribution in [2.24, 2.45) is 5.92 Å². The first-order valence-electron chi connectivity index (χ1n) is 7.78. The predicted octanol–water partition coefficient (Wildman–Crippen LogP) is 1.24. The highest BCUT2D eigenvalue weighted by molar-refractivity contribution is 5.03. The summed E-state index contributed by atoms with van der Waals surface area (Å²) in [5.41, 5.74) is -0.113. The molecule has 1 heterocycles. The molecule has 2 aliphatic rings. The van der Waals surface area contributed by atoms with Crippen molar-refractivity contribution >= 4 is 0 Å². The number of nitrogens with one attached hydrogen (secondary N) is 1. The summed E-state index contributed by atoms with van der Waals surface area (Å²) in [5.74, 6) is 0.638. The molecule has 4 heteroatoms. The van der Waals surface area contributed by atoms with Gasteiger partial charge in [-0.25, -0.2) is 0 Å². The minimum Gasteiger partial charge on any atom is -0.394 e. The number of hydrogen-bond donors (Lipinski definition) is 2. The van der Waals surface area contributed by atoms with Crippen LogP contribution in [0.2, 0.25) is 0 Å². The van der Waals surface area contributed by atoms with E-state index in [1.807, 2.05) is 0 Å². The molecule has 0 aromatic rings. The molecule has 1 saturated carbocycles. The molecule has 2 fully saturated rings. The van der Waals surface area contributed by atoms with Crippen molar-refractivity contribution in [3.05, 3.63) is 0 Å². The Hall–Kier alpha value is -0.160. The summed E-state index contributed by atoms with van der Waals surface area (Å²) in [4.78, 5) is 2.47. The van der Waals surface area contributed by atoms with Crippen molar-refractivity contribution in [3.63, 3.8) is 0 Å². The lowest BCUT2D eigenvalue weighted by molar-refractivity contribution is 0.0491. The Morgan fingerprint density at radius 3 is 2.74 bits per heavy atom. The Kier molecular flexibility index (Phi) is 5.23. The summed E-state index contributed by atoms with van der Waals surface area (Å²) in [7, 11) is 0. The van der Waals surface area contributed by atoms with Crippen molar-refractivity contribution in [2.75, 3.05) is 32.8 Å². The van der Waals surface area contributed by atoms with Gasteiger partial charge in [-0.2, -0.15) is 0 Å². The standard InChI is InChI=1S/C15H30N2O2/c1-12(2)16-15(11-18,14-5-6-14)10-17-7-4-8-19-13(3)9-17/h12-14,16,18H,4-11H2,1-3H3. The number of rotatable bonds is 6. The first kappa shape index (κ1) is 15.2. The maximum absolute atomic E-state index is 9.98. The van der Waals surface area contributed by atoms with Gasteiger partial charge >= 0.3 is 0 Å². The summed E-state index contributed by atoms with van der Waals surface area (Å²) in [6, 6.07) is 0.411. The number of aliphatic hydroxyl groups is 1. The maximum atomic E-state index is 9.98. The van der Waals surface area contributed by atoms with E-state index in [-0.39, 0.29) is 12.1 Å². The second kappa shape index (κ2) is 6.53. The van der Waals surface area contributed by atoms with Gasteiger partial charge in [-0.1, -0.05) is 13.8 Å². The fourth-order valence-electron chi connectivity index (χ4n) is 3.35. The molecule has 1 aliphatic heterocycles. The van der Waals surface area contributed by atoms with E-state index in [1.165, 1.54) is 12.8 Å². The van der Waals surface area contributed by atoms with E-state index in [4.69, 9.17) is 4.74 Å². The first-order chi connectivity index (χ1) is 9.05. The quantitative estimate of drug-likeness (QED) is 0.762. The second-order valence-corrected chi connectivity index (χ2v) is 6.66. The molecule has 0 amide bonds. The van der Waals surface area contributed by atoms with Crippen LogP contribution in [0.3, 0.4) is 0 Å². The predicted molar refractivity (Wildman–Crippen MR) is 77.3 cm³/mol. The van der Waals surface area contributed by atoms with Gasteiger partial charge in [0, 0.05) is 32.3 Å². The van der Waals surface area contributed by atoms with Gasteiger partial charge in [0.2, 0.25) is 0 Å². The Bertz CT molecular complexity index is 281. The van der Waals surface area contributed by atoms with Crippen LogP contribution in [-0.4, -0.2) is 60.5 Å². The summed E-state index contributed by atoms with van der Waals surface area (Å²) in [5, 5.41) is 13.6. The van der Waals surface area contributed by atoms with Crippen molar-refractivity contribution < 1.29 is 9.84 Å². The molecule has 0 radical (unpaired) electrons.